The Morgan fingerprint density at radius 3 is 2.77 bits per heavy atom. The van der Waals surface area contributed by atoms with E-state index in [1.54, 1.807) is 6.20 Å². The van der Waals surface area contributed by atoms with Gasteiger partial charge in [0.25, 0.3) is 0 Å². The van der Waals surface area contributed by atoms with Crippen molar-refractivity contribution >= 4 is 16.3 Å². The van der Waals surface area contributed by atoms with Crippen molar-refractivity contribution < 1.29 is 0 Å². The number of aryl methyl sites for hydroxylation is 1. The lowest BCUT2D eigenvalue weighted by Crippen LogP contribution is -1.87. The van der Waals surface area contributed by atoms with Crippen LogP contribution in [0.4, 0.5) is 5.00 Å². The van der Waals surface area contributed by atoms with Crippen LogP contribution in [0.15, 0.2) is 24.4 Å². The van der Waals surface area contributed by atoms with Gasteiger partial charge in [-0.25, -0.2) is 4.98 Å². The van der Waals surface area contributed by atoms with Crippen molar-refractivity contribution in [3.8, 4) is 11.4 Å². The number of nitrogens with two attached hydrogens (primary N) is 1. The van der Waals surface area contributed by atoms with E-state index in [4.69, 9.17) is 5.73 Å². The summed E-state index contributed by atoms with van der Waals surface area (Å²) >= 11 is 1.49. The van der Waals surface area contributed by atoms with Crippen molar-refractivity contribution in [2.45, 2.75) is 6.92 Å². The Balaban J connectivity index is 2.53. The average molecular weight is 191 g/mol. The molecule has 2 rings (SSSR count). The van der Waals surface area contributed by atoms with Crippen LogP contribution < -0.4 is 5.73 Å². The number of anilines is 1. The molecule has 0 bridgehead atoms. The Labute approximate surface area is 80.3 Å². The number of pyridine rings is 1. The first-order valence-corrected chi connectivity index (χ1v) is 4.73. The number of rotatable bonds is 1. The molecule has 0 aliphatic rings. The minimum Gasteiger partial charge on any atom is -0.389 e. The third kappa shape index (κ3) is 1.53. The number of thiazole rings is 1. The maximum Gasteiger partial charge on any atom is 0.123 e. The zero-order valence-electron chi connectivity index (χ0n) is 7.19. The van der Waals surface area contributed by atoms with E-state index >= 15 is 0 Å². The van der Waals surface area contributed by atoms with Gasteiger partial charge in [0, 0.05) is 6.20 Å². The van der Waals surface area contributed by atoms with Crippen molar-refractivity contribution in [2.24, 2.45) is 0 Å². The molecule has 0 aliphatic heterocycles. The predicted molar refractivity (Wildman–Crippen MR) is 54.5 cm³/mol. The molecule has 0 aromatic carbocycles. The molecule has 0 spiro atoms. The smallest absolute Gasteiger partial charge is 0.123 e. The molecular weight excluding hydrogens is 182 g/mol. The lowest BCUT2D eigenvalue weighted by molar-refractivity contribution is 1.24. The van der Waals surface area contributed by atoms with Gasteiger partial charge in [-0.2, -0.15) is 0 Å². The second-order valence-corrected chi connectivity index (χ2v) is 3.90. The van der Waals surface area contributed by atoms with E-state index in [0.717, 1.165) is 21.4 Å². The van der Waals surface area contributed by atoms with Crippen LogP contribution in [0.2, 0.25) is 0 Å². The van der Waals surface area contributed by atoms with Crippen LogP contribution in [-0.2, 0) is 0 Å². The molecule has 0 atom stereocenters. The van der Waals surface area contributed by atoms with Gasteiger partial charge >= 0.3 is 0 Å². The molecule has 2 N–H and O–H groups in total. The standard InChI is InChI=1S/C9H9N3S/c1-6-12-8(9(10)13-6)7-4-2-3-5-11-7/h2-5H,10H2,1H3. The summed E-state index contributed by atoms with van der Waals surface area (Å²) in [6.45, 7) is 1.94. The van der Waals surface area contributed by atoms with Crippen LogP contribution in [0.5, 0.6) is 0 Å². The molecule has 0 saturated carbocycles. The molecular formula is C9H9N3S. The van der Waals surface area contributed by atoms with Crippen LogP contribution in [0.3, 0.4) is 0 Å². The highest BCUT2D eigenvalue weighted by atomic mass is 32.1. The van der Waals surface area contributed by atoms with Crippen molar-refractivity contribution in [1.29, 1.82) is 0 Å². The first kappa shape index (κ1) is 8.19. The van der Waals surface area contributed by atoms with Gasteiger partial charge < -0.3 is 5.73 Å². The Bertz CT molecular complexity index is 408. The first-order chi connectivity index (χ1) is 6.27. The second-order valence-electron chi connectivity index (χ2n) is 2.66. The van der Waals surface area contributed by atoms with Crippen molar-refractivity contribution in [3.63, 3.8) is 0 Å². The number of nitrogens with zero attached hydrogens (tertiary/aromatic N) is 2. The van der Waals surface area contributed by atoms with Gasteiger partial charge in [0.15, 0.2) is 0 Å². The fraction of sp³-hybridized carbons (Fsp3) is 0.111. The van der Waals surface area contributed by atoms with Gasteiger partial charge in [-0.1, -0.05) is 6.07 Å². The molecule has 2 aromatic rings. The van der Waals surface area contributed by atoms with Gasteiger partial charge in [0.05, 0.1) is 10.7 Å². The highest BCUT2D eigenvalue weighted by Gasteiger charge is 2.08. The summed E-state index contributed by atoms with van der Waals surface area (Å²) in [7, 11) is 0. The van der Waals surface area contributed by atoms with E-state index in [0.29, 0.717) is 0 Å². The van der Waals surface area contributed by atoms with E-state index in [1.165, 1.54) is 11.3 Å². The highest BCUT2D eigenvalue weighted by molar-refractivity contribution is 7.16. The van der Waals surface area contributed by atoms with E-state index in [9.17, 15) is 0 Å². The SMILES string of the molecule is Cc1nc(-c2ccccn2)c(N)s1. The van der Waals surface area contributed by atoms with Crippen molar-refractivity contribution in [2.75, 3.05) is 5.73 Å². The van der Waals surface area contributed by atoms with Crippen LogP contribution >= 0.6 is 11.3 Å². The topological polar surface area (TPSA) is 51.8 Å². The Morgan fingerprint density at radius 2 is 2.23 bits per heavy atom. The Morgan fingerprint density at radius 1 is 1.38 bits per heavy atom. The van der Waals surface area contributed by atoms with Crippen LogP contribution in [0, 0.1) is 6.92 Å². The van der Waals surface area contributed by atoms with Crippen molar-refractivity contribution in [1.82, 2.24) is 9.97 Å². The molecule has 0 aliphatic carbocycles. The maximum absolute atomic E-state index is 5.79. The van der Waals surface area contributed by atoms with Gasteiger partial charge in [0.1, 0.15) is 10.7 Å². The molecule has 2 aromatic heterocycles. The Hall–Kier alpha value is -1.42. The van der Waals surface area contributed by atoms with E-state index in [1.807, 2.05) is 25.1 Å². The van der Waals surface area contributed by atoms with E-state index in [-0.39, 0.29) is 0 Å². The summed E-state index contributed by atoms with van der Waals surface area (Å²) in [6, 6.07) is 5.71. The summed E-state index contributed by atoms with van der Waals surface area (Å²) in [5.41, 5.74) is 7.42. The quantitative estimate of drug-likeness (QED) is 0.751. The van der Waals surface area contributed by atoms with Gasteiger partial charge in [-0.3, -0.25) is 4.98 Å². The highest BCUT2D eigenvalue weighted by Crippen LogP contribution is 2.28. The number of hydrogen-bond acceptors (Lipinski definition) is 4. The third-order valence-corrected chi connectivity index (χ3v) is 2.47. The minimum absolute atomic E-state index is 0.733. The van der Waals surface area contributed by atoms with Crippen LogP contribution in [-0.4, -0.2) is 9.97 Å². The monoisotopic (exact) mass is 191 g/mol. The molecule has 66 valence electrons. The summed E-state index contributed by atoms with van der Waals surface area (Å²) in [6.07, 6.45) is 1.74. The zero-order valence-corrected chi connectivity index (χ0v) is 8.01. The third-order valence-electron chi connectivity index (χ3n) is 1.67. The van der Waals surface area contributed by atoms with E-state index < -0.39 is 0 Å². The van der Waals surface area contributed by atoms with Gasteiger partial charge in [-0.15, -0.1) is 11.3 Å². The summed E-state index contributed by atoms with van der Waals surface area (Å²) in [4.78, 5) is 8.50. The molecule has 13 heavy (non-hydrogen) atoms. The zero-order chi connectivity index (χ0) is 9.26. The van der Waals surface area contributed by atoms with Crippen LogP contribution in [0.1, 0.15) is 5.01 Å². The van der Waals surface area contributed by atoms with Gasteiger partial charge in [-0.05, 0) is 19.1 Å². The molecule has 0 amide bonds. The van der Waals surface area contributed by atoms with Gasteiger partial charge in [0.2, 0.25) is 0 Å². The summed E-state index contributed by atoms with van der Waals surface area (Å²) < 4.78 is 0. The van der Waals surface area contributed by atoms with E-state index in [2.05, 4.69) is 9.97 Å². The lowest BCUT2D eigenvalue weighted by Gasteiger charge is -1.94. The predicted octanol–water partition coefficient (Wildman–Crippen LogP) is 2.10. The summed E-state index contributed by atoms with van der Waals surface area (Å²) in [5, 5.41) is 1.70. The summed E-state index contributed by atoms with van der Waals surface area (Å²) in [5.74, 6) is 0. The molecule has 3 nitrogen and oxygen atoms in total. The Kier molecular flexibility index (Phi) is 1.98. The fourth-order valence-electron chi connectivity index (χ4n) is 1.13. The molecule has 0 radical (unpaired) electrons. The largest absolute Gasteiger partial charge is 0.389 e. The second kappa shape index (κ2) is 3.14. The normalized spacial score (nSPS) is 10.2. The molecule has 0 unspecified atom stereocenters. The number of nitrogen functional groups attached to an aromatic ring is 1. The number of hydrogen-bond donors (Lipinski definition) is 1. The lowest BCUT2D eigenvalue weighted by atomic mass is 10.3. The average Bonchev–Trinajstić information content (AvgIpc) is 2.47. The van der Waals surface area contributed by atoms with Crippen molar-refractivity contribution in [3.05, 3.63) is 29.4 Å². The first-order valence-electron chi connectivity index (χ1n) is 3.91. The maximum atomic E-state index is 5.79. The number of aromatic nitrogens is 2. The molecule has 4 heteroatoms. The molecule has 0 saturated heterocycles. The van der Waals surface area contributed by atoms with Crippen LogP contribution in [0.25, 0.3) is 11.4 Å². The fourth-order valence-corrected chi connectivity index (χ4v) is 1.83. The molecule has 2 heterocycles. The minimum atomic E-state index is 0.733. The molecule has 0 fully saturated rings.